The number of rotatable bonds is 4. The highest BCUT2D eigenvalue weighted by Gasteiger charge is 2.30. The van der Waals surface area contributed by atoms with Crippen LogP contribution in [-0.4, -0.2) is 54.9 Å². The van der Waals surface area contributed by atoms with E-state index in [9.17, 15) is 13.9 Å². The summed E-state index contributed by atoms with van der Waals surface area (Å²) < 4.78 is 31.9. The highest BCUT2D eigenvalue weighted by Crippen LogP contribution is 2.46. The van der Waals surface area contributed by atoms with Crippen LogP contribution >= 0.6 is 11.0 Å². The molecule has 1 aromatic heterocycles. The van der Waals surface area contributed by atoms with Crippen molar-refractivity contribution in [2.24, 2.45) is 10.1 Å². The van der Waals surface area contributed by atoms with Gasteiger partial charge in [0.15, 0.2) is 5.84 Å². The molecule has 2 aromatic rings. The van der Waals surface area contributed by atoms with Gasteiger partial charge in [-0.2, -0.15) is 0 Å². The zero-order valence-electron chi connectivity index (χ0n) is 15.6. The lowest BCUT2D eigenvalue weighted by atomic mass is 10.0. The first-order valence-corrected chi connectivity index (χ1v) is 10.7. The Morgan fingerprint density at radius 2 is 2.21 bits per heavy atom. The van der Waals surface area contributed by atoms with Gasteiger partial charge in [0.25, 0.3) is 5.91 Å². The summed E-state index contributed by atoms with van der Waals surface area (Å²) in [6.45, 7) is 0.909. The van der Waals surface area contributed by atoms with Gasteiger partial charge >= 0.3 is 0 Å². The lowest BCUT2D eigenvalue weighted by Crippen LogP contribution is -2.47. The average Bonchev–Trinajstić information content (AvgIpc) is 2.71. The van der Waals surface area contributed by atoms with Gasteiger partial charge < -0.3 is 15.4 Å². The maximum Gasteiger partial charge on any atom is 0.272 e. The number of hydrogen-bond acceptors (Lipinski definition) is 9. The molecule has 154 valence electrons. The molecule has 5 N–H and O–H groups in total. The number of amidine groups is 1. The van der Waals surface area contributed by atoms with Gasteiger partial charge in [-0.25, -0.2) is 9.97 Å². The highest BCUT2D eigenvalue weighted by molar-refractivity contribution is 8.24. The quantitative estimate of drug-likeness (QED) is 0.591. The number of carbonyl (C=O) groups excluding carboxylic acids is 1. The van der Waals surface area contributed by atoms with Crippen molar-refractivity contribution < 1.29 is 18.6 Å². The third-order valence-corrected chi connectivity index (χ3v) is 5.82. The van der Waals surface area contributed by atoms with Crippen LogP contribution in [0.15, 0.2) is 41.2 Å². The molecule has 2 aliphatic rings. The van der Waals surface area contributed by atoms with Crippen LogP contribution < -0.4 is 15.2 Å². The van der Waals surface area contributed by atoms with Crippen molar-refractivity contribution in [1.82, 2.24) is 14.9 Å². The van der Waals surface area contributed by atoms with E-state index in [2.05, 4.69) is 19.1 Å². The number of ether oxygens (including phenoxy) is 1. The van der Waals surface area contributed by atoms with Crippen molar-refractivity contribution in [2.75, 3.05) is 17.9 Å². The minimum atomic E-state index is -3.36. The number of aromatic nitrogens is 2. The van der Waals surface area contributed by atoms with Crippen LogP contribution in [0, 0.1) is 0 Å². The van der Waals surface area contributed by atoms with E-state index in [4.69, 9.17) is 10.5 Å². The van der Waals surface area contributed by atoms with Gasteiger partial charge in [-0.05, 0) is 48.4 Å². The molecular formula is C18H22N6O4S. The molecule has 4 rings (SSSR count). The number of nitrogens with one attached hydrogen (secondary N) is 1. The first-order chi connectivity index (χ1) is 13.9. The molecule has 0 bridgehead atoms. The zero-order valence-corrected chi connectivity index (χ0v) is 16.4. The SMILES string of the molecule is NC1=NS(O)(O)Nc2cccc(OC[C@H]3CCCCN3C(=O)c3ccncn3)c21. The summed E-state index contributed by atoms with van der Waals surface area (Å²) in [5, 5.41) is 0. The summed E-state index contributed by atoms with van der Waals surface area (Å²) in [6.07, 6.45) is 5.65. The summed E-state index contributed by atoms with van der Waals surface area (Å²) >= 11 is 0. The second kappa shape index (κ2) is 7.85. The normalized spacial score (nSPS) is 21.4. The van der Waals surface area contributed by atoms with Crippen molar-refractivity contribution in [1.29, 1.82) is 0 Å². The van der Waals surface area contributed by atoms with Crippen LogP contribution in [0.4, 0.5) is 5.69 Å². The number of piperidine rings is 1. The fourth-order valence-electron chi connectivity index (χ4n) is 3.55. The lowest BCUT2D eigenvalue weighted by Gasteiger charge is -2.36. The van der Waals surface area contributed by atoms with Crippen LogP contribution in [0.3, 0.4) is 0 Å². The molecule has 1 saturated heterocycles. The molecule has 1 amide bonds. The van der Waals surface area contributed by atoms with Crippen LogP contribution in [0.1, 0.15) is 35.3 Å². The van der Waals surface area contributed by atoms with Crippen LogP contribution in [0.5, 0.6) is 5.75 Å². The molecule has 0 radical (unpaired) electrons. The molecular weight excluding hydrogens is 396 g/mol. The number of hydrogen-bond donors (Lipinski definition) is 4. The minimum Gasteiger partial charge on any atom is -0.491 e. The molecule has 0 spiro atoms. The Morgan fingerprint density at radius 1 is 1.34 bits per heavy atom. The Morgan fingerprint density at radius 3 is 3.00 bits per heavy atom. The fourth-order valence-corrected chi connectivity index (χ4v) is 4.42. The fraction of sp³-hybridized carbons (Fsp3) is 0.333. The molecule has 1 aromatic carbocycles. The summed E-state index contributed by atoms with van der Waals surface area (Å²) in [5.74, 6) is 0.311. The molecule has 1 atom stereocenters. The molecule has 11 heteroatoms. The predicted octanol–water partition coefficient (Wildman–Crippen LogP) is 2.26. The Kier molecular flexibility index (Phi) is 5.26. The minimum absolute atomic E-state index is 0.00749. The van der Waals surface area contributed by atoms with E-state index < -0.39 is 11.0 Å². The monoisotopic (exact) mass is 418 g/mol. The van der Waals surface area contributed by atoms with E-state index in [1.54, 1.807) is 35.4 Å². The van der Waals surface area contributed by atoms with Gasteiger partial charge in [0.2, 0.25) is 0 Å². The van der Waals surface area contributed by atoms with Gasteiger partial charge in [-0.1, -0.05) is 6.07 Å². The number of likely N-dealkylation sites (tertiary alicyclic amines) is 1. The summed E-state index contributed by atoms with van der Waals surface area (Å²) in [7, 11) is -3.36. The van der Waals surface area contributed by atoms with E-state index >= 15 is 0 Å². The summed E-state index contributed by atoms with van der Waals surface area (Å²) in [4.78, 5) is 22.6. The first kappa shape index (κ1) is 19.4. The van der Waals surface area contributed by atoms with Crippen molar-refractivity contribution >= 4 is 28.4 Å². The van der Waals surface area contributed by atoms with E-state index in [0.29, 0.717) is 29.2 Å². The highest BCUT2D eigenvalue weighted by atomic mass is 32.3. The molecule has 2 aliphatic heterocycles. The Bertz CT molecular complexity index is 939. The van der Waals surface area contributed by atoms with Gasteiger partial charge in [0.05, 0.1) is 17.3 Å². The lowest BCUT2D eigenvalue weighted by molar-refractivity contribution is 0.0522. The molecule has 3 heterocycles. The third kappa shape index (κ3) is 4.11. The number of nitrogens with zero attached hydrogens (tertiary/aromatic N) is 4. The molecule has 1 fully saturated rings. The van der Waals surface area contributed by atoms with Gasteiger partial charge in [0, 0.05) is 12.7 Å². The number of nitrogens with two attached hydrogens (primary N) is 1. The average molecular weight is 418 g/mol. The Labute approximate surface area is 169 Å². The van der Waals surface area contributed by atoms with Crippen molar-refractivity contribution in [3.8, 4) is 5.75 Å². The first-order valence-electron chi connectivity index (χ1n) is 9.19. The maximum atomic E-state index is 12.9. The third-order valence-electron chi connectivity index (χ3n) is 4.88. The number of amides is 1. The van der Waals surface area contributed by atoms with Crippen molar-refractivity contribution in [3.05, 3.63) is 48.0 Å². The second-order valence-electron chi connectivity index (χ2n) is 6.83. The van der Waals surface area contributed by atoms with Crippen LogP contribution in [-0.2, 0) is 0 Å². The van der Waals surface area contributed by atoms with Crippen LogP contribution in [0.2, 0.25) is 0 Å². The Balaban J connectivity index is 1.52. The number of benzene rings is 1. The van der Waals surface area contributed by atoms with Gasteiger partial charge in [-0.3, -0.25) is 18.6 Å². The van der Waals surface area contributed by atoms with Crippen molar-refractivity contribution in [2.45, 2.75) is 25.3 Å². The van der Waals surface area contributed by atoms with Crippen molar-refractivity contribution in [3.63, 3.8) is 0 Å². The number of carbonyl (C=O) groups is 1. The van der Waals surface area contributed by atoms with Crippen LogP contribution in [0.25, 0.3) is 0 Å². The van der Waals surface area contributed by atoms with E-state index in [1.807, 2.05) is 0 Å². The largest absolute Gasteiger partial charge is 0.491 e. The van der Waals surface area contributed by atoms with E-state index in [-0.39, 0.29) is 24.4 Å². The van der Waals surface area contributed by atoms with E-state index in [1.165, 1.54) is 6.33 Å². The second-order valence-corrected chi connectivity index (χ2v) is 8.25. The number of fused-ring (bicyclic) bond motifs is 1. The standard InChI is InChI=1S/C18H22N6O4S/c19-17-16-13(22-29(26,27)23-17)5-3-6-15(16)28-10-12-4-1-2-9-24(12)18(25)14-7-8-20-11-21-14/h3,5-8,11-12,22,26-27H,1-2,4,9-10H2,(H2,19,23)/t12-/m1/s1. The predicted molar refractivity (Wildman–Crippen MR) is 110 cm³/mol. The van der Waals surface area contributed by atoms with Gasteiger partial charge in [0.1, 0.15) is 24.4 Å². The molecule has 10 nitrogen and oxygen atoms in total. The summed E-state index contributed by atoms with van der Waals surface area (Å²) in [6, 6.07) is 6.61. The Hall–Kier alpha value is -2.89. The molecule has 0 aliphatic carbocycles. The molecule has 0 saturated carbocycles. The number of anilines is 1. The molecule has 0 unspecified atom stereocenters. The van der Waals surface area contributed by atoms with Gasteiger partial charge in [-0.15, -0.1) is 4.40 Å². The molecule has 29 heavy (non-hydrogen) atoms. The smallest absolute Gasteiger partial charge is 0.272 e. The summed E-state index contributed by atoms with van der Waals surface area (Å²) in [5.41, 5.74) is 7.20. The maximum absolute atomic E-state index is 12.9. The van der Waals surface area contributed by atoms with E-state index in [0.717, 1.165) is 19.3 Å². The topological polar surface area (TPSA) is 146 Å². The zero-order chi connectivity index (χ0) is 20.4.